The molecule has 52 valence electrons. The van der Waals surface area contributed by atoms with Gasteiger partial charge in [0.05, 0.1) is 0 Å². The van der Waals surface area contributed by atoms with E-state index in [-0.39, 0.29) is 6.04 Å². The van der Waals surface area contributed by atoms with Crippen molar-refractivity contribution in [2.45, 2.75) is 12.5 Å². The zero-order valence-corrected chi connectivity index (χ0v) is 6.59. The lowest BCUT2D eigenvalue weighted by Crippen LogP contribution is -2.23. The van der Waals surface area contributed by atoms with Crippen LogP contribution in [0.2, 0.25) is 0 Å². The normalized spacial score (nSPS) is 12.7. The maximum Gasteiger partial charge on any atom is 0.0289 e. The maximum absolute atomic E-state index is 6.75. The first-order valence-electron chi connectivity index (χ1n) is 2.84. The zero-order chi connectivity index (χ0) is 7.28. The average Bonchev–Trinajstić information content (AvgIpc) is 1.87. The van der Waals surface area contributed by atoms with E-state index in [4.69, 9.17) is 11.1 Å². The van der Waals surface area contributed by atoms with Gasteiger partial charge in [0.15, 0.2) is 0 Å². The first-order valence-corrected chi connectivity index (χ1v) is 3.66. The lowest BCUT2D eigenvalue weighted by molar-refractivity contribution is 0.862. The first-order chi connectivity index (χ1) is 4.22. The largest absolute Gasteiger partial charge is 0.324 e. The molecule has 0 saturated heterocycles. The number of nitrogens with two attached hydrogens (primary N) is 1. The molecule has 0 aliphatic heterocycles. The average molecular weight is 144 g/mol. The van der Waals surface area contributed by atoms with E-state index in [0.717, 1.165) is 11.7 Å². The molecule has 0 fully saturated rings. The molecule has 3 heteroatoms. The second-order valence-electron chi connectivity index (χ2n) is 1.91. The molecule has 0 bridgehead atoms. The third kappa shape index (κ3) is 3.39. The Morgan fingerprint density at radius 2 is 2.44 bits per heavy atom. The van der Waals surface area contributed by atoms with Gasteiger partial charge in [0.2, 0.25) is 0 Å². The molecule has 0 aromatic heterocycles. The van der Waals surface area contributed by atoms with Crippen LogP contribution >= 0.6 is 9.24 Å². The van der Waals surface area contributed by atoms with Crippen molar-refractivity contribution >= 4 is 15.5 Å². The van der Waals surface area contributed by atoms with E-state index in [9.17, 15) is 0 Å². The van der Waals surface area contributed by atoms with Gasteiger partial charge < -0.3 is 11.1 Å². The molecular formula is C6H13N2P. The van der Waals surface area contributed by atoms with E-state index >= 15 is 0 Å². The summed E-state index contributed by atoms with van der Waals surface area (Å²) in [6.45, 7) is 3.73. The highest BCUT2D eigenvalue weighted by molar-refractivity contribution is 7.16. The summed E-state index contributed by atoms with van der Waals surface area (Å²) in [5.41, 5.74) is 6.51. The lowest BCUT2D eigenvalue weighted by atomic mass is 10.1. The number of hydrogen-bond acceptors (Lipinski definition) is 2. The Hall–Kier alpha value is -0.200. The van der Waals surface area contributed by atoms with Gasteiger partial charge in [0.25, 0.3) is 0 Å². The van der Waals surface area contributed by atoms with Crippen molar-refractivity contribution in [1.29, 1.82) is 5.41 Å². The Bertz CT molecular complexity index is 112. The van der Waals surface area contributed by atoms with Gasteiger partial charge in [-0.2, -0.15) is 0 Å². The smallest absolute Gasteiger partial charge is 0.0289 e. The van der Waals surface area contributed by atoms with Gasteiger partial charge in [-0.25, -0.2) is 0 Å². The summed E-state index contributed by atoms with van der Waals surface area (Å²) >= 11 is 0. The van der Waals surface area contributed by atoms with Crippen LogP contribution in [-0.2, 0) is 0 Å². The van der Waals surface area contributed by atoms with Gasteiger partial charge in [-0.3, -0.25) is 0 Å². The van der Waals surface area contributed by atoms with Crippen LogP contribution in [0.25, 0.3) is 0 Å². The highest BCUT2D eigenvalue weighted by Gasteiger charge is 2.00. The van der Waals surface area contributed by atoms with Crippen molar-refractivity contribution in [3.8, 4) is 0 Å². The topological polar surface area (TPSA) is 49.9 Å². The molecule has 0 heterocycles. The lowest BCUT2D eigenvalue weighted by Gasteiger charge is -2.08. The van der Waals surface area contributed by atoms with Gasteiger partial charge in [-0.05, 0) is 12.4 Å². The third-order valence-corrected chi connectivity index (χ3v) is 1.65. The van der Waals surface area contributed by atoms with Gasteiger partial charge in [-0.15, -0.1) is 9.24 Å². The van der Waals surface area contributed by atoms with Crippen molar-refractivity contribution in [2.75, 3.05) is 6.16 Å². The fourth-order valence-corrected chi connectivity index (χ4v) is 0.782. The van der Waals surface area contributed by atoms with Gasteiger partial charge >= 0.3 is 0 Å². The maximum atomic E-state index is 6.75. The van der Waals surface area contributed by atoms with Crippen LogP contribution in [0.1, 0.15) is 6.42 Å². The van der Waals surface area contributed by atoms with Crippen LogP contribution in [0.5, 0.6) is 0 Å². The molecule has 0 aliphatic carbocycles. The van der Waals surface area contributed by atoms with Crippen LogP contribution in [0.3, 0.4) is 0 Å². The summed E-state index contributed by atoms with van der Waals surface area (Å²) < 4.78 is 0. The minimum absolute atomic E-state index is 0.0385. The quantitative estimate of drug-likeness (QED) is 0.342. The minimum Gasteiger partial charge on any atom is -0.324 e. The molecule has 0 saturated carbocycles. The highest BCUT2D eigenvalue weighted by atomic mass is 31.0. The summed E-state index contributed by atoms with van der Waals surface area (Å²) in [4.78, 5) is 0. The minimum atomic E-state index is 0.0385. The summed E-state index contributed by atoms with van der Waals surface area (Å²) in [5, 5.41) is 6.75. The predicted octanol–water partition coefficient (Wildman–Crippen LogP) is 0.785. The molecule has 2 unspecified atom stereocenters. The Kier molecular flexibility index (Phi) is 4.55. The van der Waals surface area contributed by atoms with Crippen LogP contribution in [0.4, 0.5) is 0 Å². The van der Waals surface area contributed by atoms with E-state index in [1.807, 2.05) is 0 Å². The standard InChI is InChI=1S/C6H13N2P/c1-5(2-3-7)6(8)4-9/h3,6-7H,1-2,4,8-9H2. The molecule has 0 aliphatic rings. The fourth-order valence-electron chi connectivity index (χ4n) is 0.449. The molecule has 0 rings (SSSR count). The van der Waals surface area contributed by atoms with Crippen LogP contribution < -0.4 is 5.73 Å². The van der Waals surface area contributed by atoms with E-state index in [2.05, 4.69) is 15.8 Å². The SMILES string of the molecule is C=C(CC=N)C(N)CP. The summed E-state index contributed by atoms with van der Waals surface area (Å²) in [5.74, 6) is 0. The fraction of sp³-hybridized carbons (Fsp3) is 0.500. The van der Waals surface area contributed by atoms with Crippen molar-refractivity contribution in [3.63, 3.8) is 0 Å². The van der Waals surface area contributed by atoms with Crippen molar-refractivity contribution in [2.24, 2.45) is 5.73 Å². The van der Waals surface area contributed by atoms with E-state index in [1.165, 1.54) is 6.21 Å². The molecule has 0 aromatic carbocycles. The monoisotopic (exact) mass is 144 g/mol. The molecular weight excluding hydrogens is 131 g/mol. The van der Waals surface area contributed by atoms with Crippen LogP contribution in [-0.4, -0.2) is 18.4 Å². The van der Waals surface area contributed by atoms with E-state index in [1.54, 1.807) is 0 Å². The molecule has 0 aromatic rings. The highest BCUT2D eigenvalue weighted by Crippen LogP contribution is 2.02. The molecule has 9 heavy (non-hydrogen) atoms. The molecule has 3 N–H and O–H groups in total. The predicted molar refractivity (Wildman–Crippen MR) is 45.1 cm³/mol. The van der Waals surface area contributed by atoms with Crippen molar-refractivity contribution < 1.29 is 0 Å². The van der Waals surface area contributed by atoms with Gasteiger partial charge in [-0.1, -0.05) is 12.2 Å². The number of nitrogens with one attached hydrogen (secondary N) is 1. The van der Waals surface area contributed by atoms with Gasteiger partial charge in [0, 0.05) is 12.5 Å². The van der Waals surface area contributed by atoms with E-state index < -0.39 is 0 Å². The molecule has 2 nitrogen and oxygen atoms in total. The second kappa shape index (κ2) is 4.66. The van der Waals surface area contributed by atoms with Crippen LogP contribution in [0.15, 0.2) is 12.2 Å². The third-order valence-electron chi connectivity index (χ3n) is 1.14. The molecule has 2 atom stereocenters. The Balaban J connectivity index is 3.58. The Morgan fingerprint density at radius 1 is 1.89 bits per heavy atom. The molecule has 0 amide bonds. The van der Waals surface area contributed by atoms with E-state index in [0.29, 0.717) is 6.42 Å². The second-order valence-corrected chi connectivity index (χ2v) is 2.38. The molecule has 0 radical (unpaired) electrons. The Labute approximate surface area is 58.2 Å². The number of hydrogen-bond donors (Lipinski definition) is 2. The van der Waals surface area contributed by atoms with Crippen molar-refractivity contribution in [1.82, 2.24) is 0 Å². The van der Waals surface area contributed by atoms with Gasteiger partial charge in [0.1, 0.15) is 0 Å². The number of rotatable bonds is 4. The Morgan fingerprint density at radius 3 is 2.78 bits per heavy atom. The summed E-state index contributed by atoms with van der Waals surface area (Å²) in [7, 11) is 2.55. The zero-order valence-electron chi connectivity index (χ0n) is 5.43. The van der Waals surface area contributed by atoms with Crippen LogP contribution in [0, 0.1) is 5.41 Å². The van der Waals surface area contributed by atoms with Crippen molar-refractivity contribution in [3.05, 3.63) is 12.2 Å². The molecule has 0 spiro atoms. The summed E-state index contributed by atoms with van der Waals surface area (Å²) in [6.07, 6.45) is 2.75. The summed E-state index contributed by atoms with van der Waals surface area (Å²) in [6, 6.07) is 0.0385. The first kappa shape index (κ1) is 8.80.